The van der Waals surface area contributed by atoms with Gasteiger partial charge >= 0.3 is 17.9 Å². The van der Waals surface area contributed by atoms with Crippen molar-refractivity contribution in [1.82, 2.24) is 0 Å². The van der Waals surface area contributed by atoms with Crippen molar-refractivity contribution in [3.63, 3.8) is 0 Å². The molecule has 92 heavy (non-hydrogen) atoms. The first kappa shape index (κ1) is 89.8. The highest BCUT2D eigenvalue weighted by atomic mass is 16.7. The summed E-state index contributed by atoms with van der Waals surface area (Å²) in [5.41, 5.74) is 0. The third kappa shape index (κ3) is 75.2. The number of aliphatic carboxylic acids is 1. The molecule has 9 nitrogen and oxygen atoms in total. The SMILES string of the molecule is CCCCCCC/C=C\C/C=C\CCCCCCCCCCCCCCCCCCCCCCCCCCCCCCCC(=O)OC(COC(=O)CCCCCCCCCCCCCCCCCCCCCCCCCCCC)COC(OCC[N+](C)(C)C)C(=O)O. The van der Waals surface area contributed by atoms with Crippen LogP contribution < -0.4 is 0 Å². The summed E-state index contributed by atoms with van der Waals surface area (Å²) in [6.07, 6.45) is 92.1. The van der Waals surface area contributed by atoms with E-state index in [1.807, 2.05) is 21.1 Å². The van der Waals surface area contributed by atoms with Crippen LogP contribution in [-0.4, -0.2) is 87.4 Å². The van der Waals surface area contributed by atoms with Gasteiger partial charge in [0.25, 0.3) is 6.29 Å². The Balaban J connectivity index is 3.91. The van der Waals surface area contributed by atoms with Gasteiger partial charge in [0.15, 0.2) is 6.10 Å². The highest BCUT2D eigenvalue weighted by Crippen LogP contribution is 2.20. The summed E-state index contributed by atoms with van der Waals surface area (Å²) in [6, 6.07) is 0. The van der Waals surface area contributed by atoms with Gasteiger partial charge in [0, 0.05) is 12.8 Å². The molecule has 0 spiro atoms. The molecule has 0 aromatic carbocycles. The van der Waals surface area contributed by atoms with Gasteiger partial charge in [-0.2, -0.15) is 0 Å². The second kappa shape index (κ2) is 74.6. The van der Waals surface area contributed by atoms with Gasteiger partial charge < -0.3 is 28.5 Å². The van der Waals surface area contributed by atoms with Crippen molar-refractivity contribution in [2.75, 3.05) is 47.5 Å². The summed E-state index contributed by atoms with van der Waals surface area (Å²) in [5, 5.41) is 9.77. The fraction of sp³-hybridized carbons (Fsp3) is 0.916. The number of carbonyl (C=O) groups excluding carboxylic acids is 2. The largest absolute Gasteiger partial charge is 0.477 e. The van der Waals surface area contributed by atoms with Crippen LogP contribution in [-0.2, 0) is 33.3 Å². The predicted molar refractivity (Wildman–Crippen MR) is 397 cm³/mol. The Morgan fingerprint density at radius 1 is 0.326 bits per heavy atom. The minimum absolute atomic E-state index is 0.173. The van der Waals surface area contributed by atoms with E-state index in [-0.39, 0.29) is 38.2 Å². The zero-order valence-corrected chi connectivity index (χ0v) is 62.5. The Kier molecular flexibility index (Phi) is 72.8. The molecule has 9 heteroatoms. The van der Waals surface area contributed by atoms with Crippen LogP contribution in [0.5, 0.6) is 0 Å². The maximum Gasteiger partial charge on any atom is 0.361 e. The van der Waals surface area contributed by atoms with E-state index in [1.54, 1.807) is 0 Å². The van der Waals surface area contributed by atoms with E-state index < -0.39 is 18.4 Å². The predicted octanol–water partition coefficient (Wildman–Crippen LogP) is 26.1. The molecule has 0 saturated heterocycles. The minimum Gasteiger partial charge on any atom is -0.477 e. The number of likely N-dealkylation sites (N-methyl/N-ethyl adjacent to an activating group) is 1. The number of allylic oxidation sites excluding steroid dienone is 4. The third-order valence-electron chi connectivity index (χ3n) is 19.0. The van der Waals surface area contributed by atoms with Gasteiger partial charge in [-0.15, -0.1) is 0 Å². The summed E-state index contributed by atoms with van der Waals surface area (Å²) >= 11 is 0. The second-order valence-corrected chi connectivity index (χ2v) is 29.4. The molecule has 0 bridgehead atoms. The molecular formula is C83H160NO8+. The van der Waals surface area contributed by atoms with Crippen molar-refractivity contribution >= 4 is 17.9 Å². The average molecular weight is 1300 g/mol. The second-order valence-electron chi connectivity index (χ2n) is 29.4. The number of nitrogens with zero attached hydrogens (tertiary/aromatic N) is 1. The Labute approximate surface area is 573 Å². The van der Waals surface area contributed by atoms with Crippen molar-refractivity contribution in [2.45, 2.75) is 444 Å². The highest BCUT2D eigenvalue weighted by molar-refractivity contribution is 5.71. The summed E-state index contributed by atoms with van der Waals surface area (Å²) in [5.74, 6) is -1.96. The van der Waals surface area contributed by atoms with Gasteiger partial charge in [0.2, 0.25) is 0 Å². The molecule has 0 aliphatic heterocycles. The van der Waals surface area contributed by atoms with Crippen molar-refractivity contribution in [3.05, 3.63) is 24.3 Å². The Morgan fingerprint density at radius 2 is 0.587 bits per heavy atom. The Hall–Kier alpha value is -2.23. The topological polar surface area (TPSA) is 108 Å². The van der Waals surface area contributed by atoms with Crippen LogP contribution in [0.3, 0.4) is 0 Å². The molecule has 0 radical (unpaired) electrons. The zero-order valence-electron chi connectivity index (χ0n) is 62.5. The van der Waals surface area contributed by atoms with Gasteiger partial charge in [-0.1, -0.05) is 398 Å². The number of quaternary nitrogens is 1. The molecule has 0 rings (SSSR count). The molecule has 0 aromatic heterocycles. The highest BCUT2D eigenvalue weighted by Gasteiger charge is 2.25. The van der Waals surface area contributed by atoms with E-state index in [9.17, 15) is 19.5 Å². The number of hydrogen-bond acceptors (Lipinski definition) is 7. The number of rotatable bonds is 78. The summed E-state index contributed by atoms with van der Waals surface area (Å²) in [6.45, 7) is 4.96. The van der Waals surface area contributed by atoms with Crippen LogP contribution in [0.2, 0.25) is 0 Å². The molecule has 0 heterocycles. The summed E-state index contributed by atoms with van der Waals surface area (Å²) < 4.78 is 23.1. The van der Waals surface area contributed by atoms with Crippen LogP contribution in [0, 0.1) is 0 Å². The number of carboxylic acids is 1. The molecule has 0 aromatic rings. The molecule has 0 saturated carbocycles. The summed E-state index contributed by atoms with van der Waals surface area (Å²) in [7, 11) is 6.00. The molecule has 544 valence electrons. The van der Waals surface area contributed by atoms with E-state index >= 15 is 0 Å². The molecule has 2 atom stereocenters. The van der Waals surface area contributed by atoms with E-state index in [2.05, 4.69) is 38.2 Å². The molecule has 1 N–H and O–H groups in total. The number of esters is 2. The first-order valence-corrected chi connectivity index (χ1v) is 41.0. The van der Waals surface area contributed by atoms with Gasteiger partial charge in [0.1, 0.15) is 13.2 Å². The van der Waals surface area contributed by atoms with Crippen LogP contribution in [0.4, 0.5) is 0 Å². The lowest BCUT2D eigenvalue weighted by atomic mass is 10.0. The van der Waals surface area contributed by atoms with Gasteiger partial charge in [-0.3, -0.25) is 9.59 Å². The van der Waals surface area contributed by atoms with Crippen molar-refractivity contribution in [2.24, 2.45) is 0 Å². The van der Waals surface area contributed by atoms with Gasteiger partial charge in [0.05, 0.1) is 34.4 Å². The van der Waals surface area contributed by atoms with Crippen LogP contribution >= 0.6 is 0 Å². The number of carbonyl (C=O) groups is 3. The van der Waals surface area contributed by atoms with Gasteiger partial charge in [-0.05, 0) is 44.9 Å². The number of hydrogen-bond donors (Lipinski definition) is 1. The lowest BCUT2D eigenvalue weighted by molar-refractivity contribution is -0.870. The standard InChI is InChI=1S/C83H159NO8/c1-6-8-10-12-14-16-18-20-22-24-26-28-30-32-34-35-36-37-38-39-40-41-42-43-44-45-46-47-48-50-52-54-56-58-60-62-64-66-68-70-72-74-81(86)92-79(78-91-83(82(87)88)89-76-75-84(3,4)5)77-90-80(85)73-71-69-67-65-63-61-59-57-55-53-51-49-33-31-29-27-25-23-21-19-17-15-13-11-9-7-2/h18,20,24,26,79,83H,6-17,19,21-23,25,27-78H2,1-5H3/p+1/b20-18-,26-24-. The van der Waals surface area contributed by atoms with E-state index in [1.165, 1.54) is 360 Å². The number of carboxylic acid groups (broad SMARTS) is 1. The molecule has 0 aliphatic carbocycles. The Bertz CT molecular complexity index is 1560. The van der Waals surface area contributed by atoms with E-state index in [0.29, 0.717) is 17.4 Å². The molecule has 2 unspecified atom stereocenters. The van der Waals surface area contributed by atoms with E-state index in [0.717, 1.165) is 44.9 Å². The maximum absolute atomic E-state index is 13.0. The molecule has 0 aliphatic rings. The quantitative estimate of drug-likeness (QED) is 0.0211. The van der Waals surface area contributed by atoms with Crippen molar-refractivity contribution in [1.29, 1.82) is 0 Å². The zero-order chi connectivity index (χ0) is 66.8. The lowest BCUT2D eigenvalue weighted by Gasteiger charge is -2.25. The normalized spacial score (nSPS) is 12.7. The number of unbranched alkanes of at least 4 members (excludes halogenated alkanes) is 59. The van der Waals surface area contributed by atoms with Crippen molar-refractivity contribution < 1.29 is 42.9 Å². The maximum atomic E-state index is 13.0. The van der Waals surface area contributed by atoms with E-state index in [4.69, 9.17) is 18.9 Å². The first-order chi connectivity index (χ1) is 45.1. The molecular weight excluding hydrogens is 1140 g/mol. The van der Waals surface area contributed by atoms with Crippen LogP contribution in [0.25, 0.3) is 0 Å². The Morgan fingerprint density at radius 3 is 0.859 bits per heavy atom. The van der Waals surface area contributed by atoms with Gasteiger partial charge in [-0.25, -0.2) is 4.79 Å². The first-order valence-electron chi connectivity index (χ1n) is 41.0. The van der Waals surface area contributed by atoms with Crippen LogP contribution in [0.15, 0.2) is 24.3 Å². The van der Waals surface area contributed by atoms with Crippen molar-refractivity contribution in [3.8, 4) is 0 Å². The fourth-order valence-electron chi connectivity index (χ4n) is 12.7. The lowest BCUT2D eigenvalue weighted by Crippen LogP contribution is -2.40. The third-order valence-corrected chi connectivity index (χ3v) is 19.0. The smallest absolute Gasteiger partial charge is 0.361 e. The number of ether oxygens (including phenoxy) is 4. The summed E-state index contributed by atoms with van der Waals surface area (Å²) in [4.78, 5) is 37.7. The van der Waals surface area contributed by atoms with Crippen LogP contribution in [0.1, 0.15) is 431 Å². The monoisotopic (exact) mass is 1300 g/mol. The fourth-order valence-corrected chi connectivity index (χ4v) is 12.7. The minimum atomic E-state index is -1.51. The average Bonchev–Trinajstić information content (AvgIpc) is 3.70. The molecule has 0 amide bonds. The molecule has 0 fully saturated rings.